The van der Waals surface area contributed by atoms with Gasteiger partial charge < -0.3 is 15.0 Å². The van der Waals surface area contributed by atoms with E-state index in [1.54, 1.807) is 6.20 Å². The highest BCUT2D eigenvalue weighted by Crippen LogP contribution is 2.16. The van der Waals surface area contributed by atoms with E-state index in [0.717, 1.165) is 39.1 Å². The Kier molecular flexibility index (Phi) is 5.29. The van der Waals surface area contributed by atoms with Crippen molar-refractivity contribution in [3.63, 3.8) is 0 Å². The first-order valence-electron chi connectivity index (χ1n) is 7.21. The second-order valence-corrected chi connectivity index (χ2v) is 4.77. The highest BCUT2D eigenvalue weighted by Gasteiger charge is 2.24. The normalized spacial score (nSPS) is 16.2. The van der Waals surface area contributed by atoms with Crippen molar-refractivity contribution in [2.45, 2.75) is 32.8 Å². The van der Waals surface area contributed by atoms with E-state index in [1.807, 2.05) is 18.7 Å². The second-order valence-electron chi connectivity index (χ2n) is 4.77. The van der Waals surface area contributed by atoms with Crippen molar-refractivity contribution in [1.82, 2.24) is 14.9 Å². The molecular formula is C14H22N4O2. The van der Waals surface area contributed by atoms with E-state index in [9.17, 15) is 4.79 Å². The number of anilines is 1. The summed E-state index contributed by atoms with van der Waals surface area (Å²) < 4.78 is 5.59. The first-order chi connectivity index (χ1) is 9.74. The fourth-order valence-electron chi connectivity index (χ4n) is 2.36. The molecule has 0 unspecified atom stereocenters. The van der Waals surface area contributed by atoms with Gasteiger partial charge in [-0.25, -0.2) is 4.98 Å². The van der Waals surface area contributed by atoms with Crippen LogP contribution in [-0.4, -0.2) is 53.1 Å². The number of carbonyl (C=O) groups excluding carboxylic acids is 1. The van der Waals surface area contributed by atoms with Crippen LogP contribution >= 0.6 is 0 Å². The minimum absolute atomic E-state index is 0.0489. The van der Waals surface area contributed by atoms with Crippen LogP contribution in [0.2, 0.25) is 0 Å². The molecule has 1 aliphatic heterocycles. The van der Waals surface area contributed by atoms with Crippen LogP contribution in [0.15, 0.2) is 12.4 Å². The zero-order valence-corrected chi connectivity index (χ0v) is 12.1. The molecule has 20 heavy (non-hydrogen) atoms. The first kappa shape index (κ1) is 14.7. The molecule has 1 amide bonds. The van der Waals surface area contributed by atoms with E-state index in [1.165, 1.54) is 6.20 Å². The molecule has 0 aliphatic carbocycles. The lowest BCUT2D eigenvalue weighted by Crippen LogP contribution is -2.41. The summed E-state index contributed by atoms with van der Waals surface area (Å²) in [5, 5.41) is 3.07. The van der Waals surface area contributed by atoms with Crippen molar-refractivity contribution < 1.29 is 9.53 Å². The molecule has 2 rings (SSSR count). The number of aromatic nitrogens is 2. The quantitative estimate of drug-likeness (QED) is 0.885. The van der Waals surface area contributed by atoms with Gasteiger partial charge in [0.05, 0.1) is 18.5 Å². The molecule has 110 valence electrons. The first-order valence-corrected chi connectivity index (χ1v) is 7.21. The van der Waals surface area contributed by atoms with E-state index in [4.69, 9.17) is 4.74 Å². The van der Waals surface area contributed by atoms with Crippen LogP contribution in [0, 0.1) is 0 Å². The van der Waals surface area contributed by atoms with E-state index >= 15 is 0 Å². The number of ether oxygens (including phenoxy) is 1. The van der Waals surface area contributed by atoms with Crippen molar-refractivity contribution in [3.05, 3.63) is 18.1 Å². The third kappa shape index (κ3) is 3.66. The Balaban J connectivity index is 1.96. The average molecular weight is 278 g/mol. The number of nitrogens with zero attached hydrogens (tertiary/aromatic N) is 3. The zero-order chi connectivity index (χ0) is 14.4. The SMILES string of the molecule is CCNc1cncc(C(=O)N2CCC(OCC)CC2)n1. The molecule has 1 aromatic rings. The zero-order valence-electron chi connectivity index (χ0n) is 12.1. The van der Waals surface area contributed by atoms with Crippen LogP contribution in [0.4, 0.5) is 5.82 Å². The largest absolute Gasteiger partial charge is 0.378 e. The van der Waals surface area contributed by atoms with Gasteiger partial charge in [0.25, 0.3) is 5.91 Å². The molecule has 0 radical (unpaired) electrons. The number of piperidine rings is 1. The number of hydrogen-bond acceptors (Lipinski definition) is 5. The number of likely N-dealkylation sites (tertiary alicyclic amines) is 1. The summed E-state index contributed by atoms with van der Waals surface area (Å²) in [5.74, 6) is 0.592. The summed E-state index contributed by atoms with van der Waals surface area (Å²) in [7, 11) is 0. The molecule has 1 aromatic heterocycles. The Bertz CT molecular complexity index is 445. The van der Waals surface area contributed by atoms with Gasteiger partial charge in [0.15, 0.2) is 0 Å². The molecule has 1 N–H and O–H groups in total. The molecule has 6 heteroatoms. The van der Waals surface area contributed by atoms with Crippen LogP contribution in [0.25, 0.3) is 0 Å². The van der Waals surface area contributed by atoms with E-state index in [-0.39, 0.29) is 12.0 Å². The van der Waals surface area contributed by atoms with Gasteiger partial charge in [-0.2, -0.15) is 0 Å². The maximum Gasteiger partial charge on any atom is 0.274 e. The summed E-state index contributed by atoms with van der Waals surface area (Å²) in [6.45, 7) is 6.90. The molecule has 0 saturated carbocycles. The highest BCUT2D eigenvalue weighted by molar-refractivity contribution is 5.92. The molecule has 0 aromatic carbocycles. The number of hydrogen-bond donors (Lipinski definition) is 1. The molecule has 2 heterocycles. The Labute approximate surface area is 119 Å². The van der Waals surface area contributed by atoms with Crippen molar-refractivity contribution in [3.8, 4) is 0 Å². The molecule has 0 spiro atoms. The predicted octanol–water partition coefficient (Wildman–Crippen LogP) is 1.55. The Morgan fingerprint density at radius 2 is 2.15 bits per heavy atom. The van der Waals surface area contributed by atoms with Gasteiger partial charge in [-0.15, -0.1) is 0 Å². The number of rotatable bonds is 5. The van der Waals surface area contributed by atoms with Crippen molar-refractivity contribution >= 4 is 11.7 Å². The van der Waals surface area contributed by atoms with Crippen molar-refractivity contribution in [2.24, 2.45) is 0 Å². The summed E-state index contributed by atoms with van der Waals surface area (Å²) in [4.78, 5) is 22.6. The van der Waals surface area contributed by atoms with Gasteiger partial charge in [0.2, 0.25) is 0 Å². The van der Waals surface area contributed by atoms with E-state index in [0.29, 0.717) is 11.5 Å². The Morgan fingerprint density at radius 3 is 2.80 bits per heavy atom. The molecule has 6 nitrogen and oxygen atoms in total. The number of carbonyl (C=O) groups is 1. The van der Waals surface area contributed by atoms with Gasteiger partial charge >= 0.3 is 0 Å². The van der Waals surface area contributed by atoms with Gasteiger partial charge in [0, 0.05) is 26.2 Å². The summed E-state index contributed by atoms with van der Waals surface area (Å²) >= 11 is 0. The maximum absolute atomic E-state index is 12.4. The monoisotopic (exact) mass is 278 g/mol. The minimum Gasteiger partial charge on any atom is -0.378 e. The fraction of sp³-hybridized carbons (Fsp3) is 0.643. The van der Waals surface area contributed by atoms with Crippen LogP contribution in [0.5, 0.6) is 0 Å². The fourth-order valence-corrected chi connectivity index (χ4v) is 2.36. The van der Waals surface area contributed by atoms with Crippen LogP contribution in [0.1, 0.15) is 37.2 Å². The summed E-state index contributed by atoms with van der Waals surface area (Å²) in [6.07, 6.45) is 5.21. The van der Waals surface area contributed by atoms with Gasteiger partial charge in [0.1, 0.15) is 11.5 Å². The standard InChI is InChI=1S/C14H22N4O2/c1-3-16-13-10-15-9-12(17-13)14(19)18-7-5-11(6-8-18)20-4-2/h9-11H,3-8H2,1-2H3,(H,16,17). The van der Waals surface area contributed by atoms with Crippen LogP contribution in [0.3, 0.4) is 0 Å². The predicted molar refractivity (Wildman–Crippen MR) is 76.7 cm³/mol. The maximum atomic E-state index is 12.4. The smallest absolute Gasteiger partial charge is 0.274 e. The lowest BCUT2D eigenvalue weighted by atomic mass is 10.1. The molecule has 1 fully saturated rings. The third-order valence-electron chi connectivity index (χ3n) is 3.34. The minimum atomic E-state index is -0.0489. The van der Waals surface area contributed by atoms with E-state index < -0.39 is 0 Å². The van der Waals surface area contributed by atoms with Crippen molar-refractivity contribution in [1.29, 1.82) is 0 Å². The van der Waals surface area contributed by atoms with Gasteiger partial charge in [-0.1, -0.05) is 0 Å². The molecule has 1 saturated heterocycles. The molecule has 1 aliphatic rings. The van der Waals surface area contributed by atoms with Crippen molar-refractivity contribution in [2.75, 3.05) is 31.6 Å². The lowest BCUT2D eigenvalue weighted by molar-refractivity contribution is 0.0144. The third-order valence-corrected chi connectivity index (χ3v) is 3.34. The van der Waals surface area contributed by atoms with E-state index in [2.05, 4.69) is 15.3 Å². The molecule has 0 atom stereocenters. The summed E-state index contributed by atoms with van der Waals surface area (Å²) in [6, 6.07) is 0. The average Bonchev–Trinajstić information content (AvgIpc) is 2.48. The number of amides is 1. The topological polar surface area (TPSA) is 67.4 Å². The van der Waals surface area contributed by atoms with Gasteiger partial charge in [-0.3, -0.25) is 9.78 Å². The molecular weight excluding hydrogens is 256 g/mol. The number of nitrogens with one attached hydrogen (secondary N) is 1. The molecule has 0 bridgehead atoms. The Morgan fingerprint density at radius 1 is 1.40 bits per heavy atom. The second kappa shape index (κ2) is 7.19. The summed E-state index contributed by atoms with van der Waals surface area (Å²) in [5.41, 5.74) is 0.401. The van der Waals surface area contributed by atoms with Crippen LogP contribution < -0.4 is 5.32 Å². The van der Waals surface area contributed by atoms with Gasteiger partial charge in [-0.05, 0) is 26.7 Å². The lowest BCUT2D eigenvalue weighted by Gasteiger charge is -2.31. The Hall–Kier alpha value is -1.69. The van der Waals surface area contributed by atoms with Crippen LogP contribution in [-0.2, 0) is 4.74 Å². The highest BCUT2D eigenvalue weighted by atomic mass is 16.5.